The smallest absolute Gasteiger partial charge is 0.244 e. The third kappa shape index (κ3) is 3.04. The number of thiazole rings is 1. The van der Waals surface area contributed by atoms with Crippen LogP contribution in [0.2, 0.25) is 0 Å². The Morgan fingerprint density at radius 3 is 2.94 bits per heavy atom. The average Bonchev–Trinajstić information content (AvgIpc) is 2.88. The summed E-state index contributed by atoms with van der Waals surface area (Å²) in [6, 6.07) is 0. The van der Waals surface area contributed by atoms with Crippen LogP contribution in [0.5, 0.6) is 0 Å². The lowest BCUT2D eigenvalue weighted by Gasteiger charge is -2.15. The number of carbonyl (C=O) groups is 1. The van der Waals surface area contributed by atoms with Gasteiger partial charge in [-0.2, -0.15) is 0 Å². The molecule has 0 saturated carbocycles. The first-order valence-corrected chi connectivity index (χ1v) is 6.22. The molecule has 18 heavy (non-hydrogen) atoms. The number of hydrogen-bond donors (Lipinski definition) is 1. The van der Waals surface area contributed by atoms with E-state index in [9.17, 15) is 4.79 Å². The van der Waals surface area contributed by atoms with E-state index in [1.807, 2.05) is 12.3 Å². The third-order valence-corrected chi connectivity index (χ3v) is 3.17. The molecule has 0 aliphatic heterocycles. The highest BCUT2D eigenvalue weighted by atomic mass is 32.1. The number of amides is 1. The van der Waals surface area contributed by atoms with Gasteiger partial charge in [0.25, 0.3) is 0 Å². The molecule has 2 heterocycles. The molecule has 7 nitrogen and oxygen atoms in total. The lowest BCUT2D eigenvalue weighted by Crippen LogP contribution is -2.30. The van der Waals surface area contributed by atoms with Gasteiger partial charge in [-0.25, -0.2) is 14.6 Å². The Kier molecular flexibility index (Phi) is 3.56. The molecule has 0 aliphatic rings. The fourth-order valence-electron chi connectivity index (χ4n) is 1.46. The molecule has 0 saturated heterocycles. The van der Waals surface area contributed by atoms with Crippen molar-refractivity contribution in [3.63, 3.8) is 0 Å². The number of aromatic nitrogens is 4. The third-order valence-electron chi connectivity index (χ3n) is 2.34. The first-order valence-electron chi connectivity index (χ1n) is 5.34. The van der Waals surface area contributed by atoms with Crippen molar-refractivity contribution in [2.45, 2.75) is 20.0 Å². The number of anilines is 1. The number of carbonyl (C=O) groups excluding carboxylic acids is 1. The molecule has 0 aliphatic carbocycles. The highest BCUT2D eigenvalue weighted by molar-refractivity contribution is 7.09. The van der Waals surface area contributed by atoms with Gasteiger partial charge >= 0.3 is 0 Å². The number of nitrogens with two attached hydrogens (primary N) is 1. The van der Waals surface area contributed by atoms with Gasteiger partial charge in [0.2, 0.25) is 11.9 Å². The van der Waals surface area contributed by atoms with Gasteiger partial charge in [-0.05, 0) is 6.92 Å². The Morgan fingerprint density at radius 1 is 1.61 bits per heavy atom. The Bertz CT molecular complexity index is 548. The van der Waals surface area contributed by atoms with Gasteiger partial charge in [-0.15, -0.1) is 16.4 Å². The molecule has 0 spiro atoms. The van der Waals surface area contributed by atoms with E-state index >= 15 is 0 Å². The molecule has 0 aromatic carbocycles. The normalized spacial score (nSPS) is 10.6. The van der Waals surface area contributed by atoms with E-state index < -0.39 is 0 Å². The number of likely N-dealkylation sites (N-methyl/N-ethyl adjacent to an activating group) is 1. The highest BCUT2D eigenvalue weighted by Gasteiger charge is 2.12. The van der Waals surface area contributed by atoms with Crippen LogP contribution < -0.4 is 5.73 Å². The molecule has 2 rings (SSSR count). The first kappa shape index (κ1) is 12.5. The van der Waals surface area contributed by atoms with Crippen molar-refractivity contribution in [1.29, 1.82) is 0 Å². The zero-order valence-electron chi connectivity index (χ0n) is 10.2. The van der Waals surface area contributed by atoms with Crippen molar-refractivity contribution in [2.75, 3.05) is 12.8 Å². The van der Waals surface area contributed by atoms with Crippen LogP contribution in [0.15, 0.2) is 11.7 Å². The van der Waals surface area contributed by atoms with Crippen molar-refractivity contribution in [1.82, 2.24) is 24.6 Å². The molecule has 8 heteroatoms. The lowest BCUT2D eigenvalue weighted by molar-refractivity contribution is -0.131. The molecule has 0 unspecified atom stereocenters. The van der Waals surface area contributed by atoms with Crippen molar-refractivity contribution in [3.05, 3.63) is 22.4 Å². The lowest BCUT2D eigenvalue weighted by atomic mass is 10.4. The minimum Gasteiger partial charge on any atom is -0.367 e. The molecule has 1 amide bonds. The maximum absolute atomic E-state index is 11.9. The van der Waals surface area contributed by atoms with Crippen LogP contribution in [0.4, 0.5) is 5.95 Å². The standard InChI is InChI=1S/C10H14N6OS/c1-7-13-8(5-18-7)3-15(2)9(17)4-16-6-12-10(11)14-16/h5-6H,3-4H2,1-2H3,(H2,11,14). The highest BCUT2D eigenvalue weighted by Crippen LogP contribution is 2.09. The fourth-order valence-corrected chi connectivity index (χ4v) is 2.06. The summed E-state index contributed by atoms with van der Waals surface area (Å²) in [6.45, 7) is 2.56. The Hall–Kier alpha value is -1.96. The van der Waals surface area contributed by atoms with Gasteiger partial charge < -0.3 is 10.6 Å². The van der Waals surface area contributed by atoms with Gasteiger partial charge in [0, 0.05) is 12.4 Å². The SMILES string of the molecule is Cc1nc(CN(C)C(=O)Cn2cnc(N)n2)cs1. The summed E-state index contributed by atoms with van der Waals surface area (Å²) in [6.07, 6.45) is 1.44. The second-order valence-electron chi connectivity index (χ2n) is 3.91. The van der Waals surface area contributed by atoms with Gasteiger partial charge in [0.05, 0.1) is 17.2 Å². The Balaban J connectivity index is 1.92. The van der Waals surface area contributed by atoms with Crippen LogP contribution >= 0.6 is 11.3 Å². The van der Waals surface area contributed by atoms with Crippen molar-refractivity contribution < 1.29 is 4.79 Å². The number of nitrogen functional groups attached to an aromatic ring is 1. The summed E-state index contributed by atoms with van der Waals surface area (Å²) in [5, 5.41) is 6.81. The zero-order valence-corrected chi connectivity index (χ0v) is 11.0. The van der Waals surface area contributed by atoms with E-state index in [1.54, 1.807) is 23.3 Å². The minimum absolute atomic E-state index is 0.0643. The van der Waals surface area contributed by atoms with E-state index in [2.05, 4.69) is 15.1 Å². The molecule has 2 aromatic heterocycles. The summed E-state index contributed by atoms with van der Waals surface area (Å²) in [4.78, 5) is 21.6. The zero-order chi connectivity index (χ0) is 13.1. The van der Waals surface area contributed by atoms with Gasteiger partial charge in [0.15, 0.2) is 0 Å². The van der Waals surface area contributed by atoms with Crippen LogP contribution in [0.3, 0.4) is 0 Å². The molecule has 96 valence electrons. The van der Waals surface area contributed by atoms with Crippen molar-refractivity contribution in [2.24, 2.45) is 0 Å². The quantitative estimate of drug-likeness (QED) is 0.858. The van der Waals surface area contributed by atoms with E-state index in [4.69, 9.17) is 5.73 Å². The number of hydrogen-bond acceptors (Lipinski definition) is 6. The van der Waals surface area contributed by atoms with Crippen LogP contribution in [0, 0.1) is 6.92 Å². The Labute approximate surface area is 108 Å². The molecular formula is C10H14N6OS. The van der Waals surface area contributed by atoms with Crippen LogP contribution in [0.25, 0.3) is 0 Å². The molecule has 0 fully saturated rings. The summed E-state index contributed by atoms with van der Waals surface area (Å²) in [7, 11) is 1.73. The van der Waals surface area contributed by atoms with Crippen LogP contribution in [0.1, 0.15) is 10.7 Å². The van der Waals surface area contributed by atoms with Crippen molar-refractivity contribution in [3.8, 4) is 0 Å². The first-order chi connectivity index (χ1) is 8.54. The summed E-state index contributed by atoms with van der Waals surface area (Å²) >= 11 is 1.57. The van der Waals surface area contributed by atoms with Gasteiger partial charge in [0.1, 0.15) is 12.9 Å². The van der Waals surface area contributed by atoms with E-state index in [-0.39, 0.29) is 18.4 Å². The molecule has 0 radical (unpaired) electrons. The molecule has 0 bridgehead atoms. The second kappa shape index (κ2) is 5.13. The summed E-state index contributed by atoms with van der Waals surface area (Å²) in [5.74, 6) is 0.103. The second-order valence-corrected chi connectivity index (χ2v) is 4.97. The number of rotatable bonds is 4. The average molecular weight is 266 g/mol. The number of aryl methyl sites for hydroxylation is 1. The summed E-state index contributed by atoms with van der Waals surface area (Å²) < 4.78 is 1.42. The molecule has 0 atom stereocenters. The molecule has 2 N–H and O–H groups in total. The maximum Gasteiger partial charge on any atom is 0.244 e. The molecule has 2 aromatic rings. The topological polar surface area (TPSA) is 89.9 Å². The van der Waals surface area contributed by atoms with Crippen LogP contribution in [-0.2, 0) is 17.9 Å². The maximum atomic E-state index is 11.9. The Morgan fingerprint density at radius 2 is 2.39 bits per heavy atom. The van der Waals surface area contributed by atoms with E-state index in [0.717, 1.165) is 10.7 Å². The monoisotopic (exact) mass is 266 g/mol. The molecular weight excluding hydrogens is 252 g/mol. The predicted octanol–water partition coefficient (Wildman–Crippen LogP) is 0.284. The van der Waals surface area contributed by atoms with Gasteiger partial charge in [-0.1, -0.05) is 0 Å². The fraction of sp³-hybridized carbons (Fsp3) is 0.400. The number of nitrogens with zero attached hydrogens (tertiary/aromatic N) is 5. The van der Waals surface area contributed by atoms with E-state index in [0.29, 0.717) is 6.54 Å². The van der Waals surface area contributed by atoms with E-state index in [1.165, 1.54) is 11.0 Å². The minimum atomic E-state index is -0.0643. The predicted molar refractivity (Wildman–Crippen MR) is 67.8 cm³/mol. The van der Waals surface area contributed by atoms with Gasteiger partial charge in [-0.3, -0.25) is 4.79 Å². The van der Waals surface area contributed by atoms with Crippen molar-refractivity contribution >= 4 is 23.2 Å². The summed E-state index contributed by atoms with van der Waals surface area (Å²) in [5.41, 5.74) is 6.28. The van der Waals surface area contributed by atoms with Crippen LogP contribution in [-0.4, -0.2) is 37.6 Å². The largest absolute Gasteiger partial charge is 0.367 e.